The number of methoxy groups -OCH3 is 1. The summed E-state index contributed by atoms with van der Waals surface area (Å²) in [5.41, 5.74) is -0.517. The topological polar surface area (TPSA) is 41.6 Å². The van der Waals surface area contributed by atoms with Crippen molar-refractivity contribution in [2.45, 2.75) is 52.0 Å². The first-order valence-electron chi connectivity index (χ1n) is 8.07. The van der Waals surface area contributed by atoms with Gasteiger partial charge in [0.2, 0.25) is 0 Å². The minimum Gasteiger partial charge on any atom is -0.468 e. The number of esters is 1. The van der Waals surface area contributed by atoms with Gasteiger partial charge in [0.25, 0.3) is 0 Å². The lowest BCUT2D eigenvalue weighted by Gasteiger charge is -2.37. The molecule has 1 aliphatic rings. The highest BCUT2D eigenvalue weighted by atomic mass is 16.5. The highest BCUT2D eigenvalue weighted by Crippen LogP contribution is 2.41. The molecule has 0 bridgehead atoms. The van der Waals surface area contributed by atoms with Crippen molar-refractivity contribution >= 4 is 5.97 Å². The van der Waals surface area contributed by atoms with E-state index in [1.165, 1.54) is 20.0 Å². The molecule has 1 unspecified atom stereocenters. The van der Waals surface area contributed by atoms with Crippen molar-refractivity contribution in [3.05, 3.63) is 0 Å². The summed E-state index contributed by atoms with van der Waals surface area (Å²) < 4.78 is 5.08. The van der Waals surface area contributed by atoms with Crippen LogP contribution in [0.3, 0.4) is 0 Å². The third-order valence-corrected chi connectivity index (χ3v) is 4.86. The zero-order valence-corrected chi connectivity index (χ0v) is 13.9. The van der Waals surface area contributed by atoms with Crippen LogP contribution in [0, 0.1) is 11.8 Å². The summed E-state index contributed by atoms with van der Waals surface area (Å²) in [5.74, 6) is 1.03. The normalized spacial score (nSPS) is 18.4. The molecule has 0 saturated heterocycles. The van der Waals surface area contributed by atoms with Gasteiger partial charge in [-0.15, -0.1) is 0 Å². The van der Waals surface area contributed by atoms with Crippen LogP contribution in [0.2, 0.25) is 0 Å². The molecule has 118 valence electrons. The quantitative estimate of drug-likeness (QED) is 0.625. The predicted molar refractivity (Wildman–Crippen MR) is 82.7 cm³/mol. The minimum absolute atomic E-state index is 0.106. The number of carbonyl (C=O) groups excluding carboxylic acids is 1. The fourth-order valence-corrected chi connectivity index (χ4v) is 3.07. The third-order valence-electron chi connectivity index (χ3n) is 4.86. The summed E-state index contributed by atoms with van der Waals surface area (Å²) in [5, 5.41) is 3.29. The molecule has 0 aliphatic heterocycles. The number of nitrogens with zero attached hydrogens (tertiary/aromatic N) is 1. The second-order valence-corrected chi connectivity index (χ2v) is 6.00. The Morgan fingerprint density at radius 1 is 1.35 bits per heavy atom. The lowest BCUT2D eigenvalue weighted by Crippen LogP contribution is -2.60. The van der Waals surface area contributed by atoms with Crippen molar-refractivity contribution in [3.63, 3.8) is 0 Å². The molecule has 0 aromatic carbocycles. The van der Waals surface area contributed by atoms with Gasteiger partial charge in [-0.05, 0) is 38.3 Å². The van der Waals surface area contributed by atoms with E-state index in [0.717, 1.165) is 32.5 Å². The van der Waals surface area contributed by atoms with Gasteiger partial charge in [-0.3, -0.25) is 0 Å². The molecule has 0 radical (unpaired) electrons. The summed E-state index contributed by atoms with van der Waals surface area (Å²) in [6.45, 7) is 9.46. The van der Waals surface area contributed by atoms with E-state index in [9.17, 15) is 4.79 Å². The first-order chi connectivity index (χ1) is 9.57. The van der Waals surface area contributed by atoms with Gasteiger partial charge in [0, 0.05) is 13.1 Å². The Bertz CT molecular complexity index is 301. The number of carbonyl (C=O) groups is 1. The van der Waals surface area contributed by atoms with Crippen LogP contribution < -0.4 is 5.32 Å². The summed E-state index contributed by atoms with van der Waals surface area (Å²) >= 11 is 0. The van der Waals surface area contributed by atoms with Crippen molar-refractivity contribution in [2.24, 2.45) is 11.8 Å². The summed E-state index contributed by atoms with van der Waals surface area (Å²) in [7, 11) is 3.38. The smallest absolute Gasteiger partial charge is 0.327 e. The molecule has 20 heavy (non-hydrogen) atoms. The van der Waals surface area contributed by atoms with Crippen LogP contribution in [0.25, 0.3) is 0 Å². The van der Waals surface area contributed by atoms with Crippen LogP contribution in [0.4, 0.5) is 0 Å². The highest BCUT2D eigenvalue weighted by molar-refractivity contribution is 5.82. The zero-order chi connectivity index (χ0) is 15.2. The van der Waals surface area contributed by atoms with Gasteiger partial charge in [-0.25, -0.2) is 4.79 Å². The van der Waals surface area contributed by atoms with Crippen molar-refractivity contribution in [1.82, 2.24) is 10.2 Å². The van der Waals surface area contributed by atoms with Crippen LogP contribution in [-0.4, -0.2) is 50.2 Å². The van der Waals surface area contributed by atoms with E-state index in [1.807, 2.05) is 7.05 Å². The molecule has 0 spiro atoms. The molecule has 1 atom stereocenters. The van der Waals surface area contributed by atoms with E-state index in [1.54, 1.807) is 0 Å². The average Bonchev–Trinajstić information content (AvgIpc) is 3.32. The fourth-order valence-electron chi connectivity index (χ4n) is 3.07. The van der Waals surface area contributed by atoms with Crippen molar-refractivity contribution in [3.8, 4) is 0 Å². The molecule has 1 rings (SSSR count). The molecule has 1 N–H and O–H groups in total. The van der Waals surface area contributed by atoms with E-state index in [2.05, 4.69) is 31.0 Å². The molecular formula is C16H32N2O2. The van der Waals surface area contributed by atoms with Gasteiger partial charge < -0.3 is 15.0 Å². The maximum Gasteiger partial charge on any atom is 0.327 e. The first kappa shape index (κ1) is 17.4. The number of likely N-dealkylation sites (N-methyl/N-ethyl adjacent to an activating group) is 2. The number of rotatable bonds is 10. The molecule has 4 heteroatoms. The van der Waals surface area contributed by atoms with E-state index in [-0.39, 0.29) is 5.97 Å². The Morgan fingerprint density at radius 2 is 1.95 bits per heavy atom. The first-order valence-corrected chi connectivity index (χ1v) is 8.07. The minimum atomic E-state index is -0.517. The van der Waals surface area contributed by atoms with E-state index < -0.39 is 5.54 Å². The standard InChI is InChI=1S/C16H32N2O2/c1-6-13(7-2)11-18(8-3)12-16(17-4,14-9-10-14)15(19)20-5/h13-14,17H,6-12H2,1-5H3. The number of hydrogen-bond donors (Lipinski definition) is 1. The van der Waals surface area contributed by atoms with Crippen LogP contribution in [0.5, 0.6) is 0 Å². The molecule has 1 fully saturated rings. The molecule has 1 saturated carbocycles. The molecule has 1 aliphatic carbocycles. The van der Waals surface area contributed by atoms with E-state index in [0.29, 0.717) is 11.8 Å². The molecular weight excluding hydrogens is 252 g/mol. The number of ether oxygens (including phenoxy) is 1. The number of hydrogen-bond acceptors (Lipinski definition) is 4. The second kappa shape index (κ2) is 7.99. The predicted octanol–water partition coefficient (Wildman–Crippen LogP) is 2.29. The van der Waals surface area contributed by atoms with Crippen LogP contribution in [-0.2, 0) is 9.53 Å². The van der Waals surface area contributed by atoms with Crippen molar-refractivity contribution in [1.29, 1.82) is 0 Å². The van der Waals surface area contributed by atoms with Crippen molar-refractivity contribution < 1.29 is 9.53 Å². The fraction of sp³-hybridized carbons (Fsp3) is 0.938. The van der Waals surface area contributed by atoms with Gasteiger partial charge in [-0.2, -0.15) is 0 Å². The molecule has 0 heterocycles. The summed E-state index contributed by atoms with van der Waals surface area (Å²) in [6.07, 6.45) is 4.64. The van der Waals surface area contributed by atoms with Gasteiger partial charge in [0.15, 0.2) is 0 Å². The summed E-state index contributed by atoms with van der Waals surface area (Å²) in [4.78, 5) is 14.7. The Kier molecular flexibility index (Phi) is 6.96. The van der Waals surface area contributed by atoms with E-state index in [4.69, 9.17) is 4.74 Å². The molecule has 0 aromatic heterocycles. The molecule has 0 aromatic rings. The van der Waals surface area contributed by atoms with Crippen molar-refractivity contribution in [2.75, 3.05) is 33.8 Å². The van der Waals surface area contributed by atoms with Crippen LogP contribution in [0.1, 0.15) is 46.5 Å². The summed E-state index contributed by atoms with van der Waals surface area (Å²) in [6, 6.07) is 0. The largest absolute Gasteiger partial charge is 0.468 e. The second-order valence-electron chi connectivity index (χ2n) is 6.00. The van der Waals surface area contributed by atoms with Crippen LogP contribution in [0.15, 0.2) is 0 Å². The van der Waals surface area contributed by atoms with E-state index >= 15 is 0 Å². The zero-order valence-electron chi connectivity index (χ0n) is 13.9. The maximum absolute atomic E-state index is 12.3. The lowest BCUT2D eigenvalue weighted by atomic mass is 9.91. The Hall–Kier alpha value is -0.610. The molecule has 4 nitrogen and oxygen atoms in total. The van der Waals surface area contributed by atoms with Gasteiger partial charge >= 0.3 is 5.97 Å². The monoisotopic (exact) mass is 284 g/mol. The maximum atomic E-state index is 12.3. The SMILES string of the molecule is CCC(CC)CN(CC)CC(NC)(C(=O)OC)C1CC1. The Morgan fingerprint density at radius 3 is 2.30 bits per heavy atom. The third kappa shape index (κ3) is 3.95. The average molecular weight is 284 g/mol. The Labute approximate surface area is 124 Å². The van der Waals surface area contributed by atoms with Gasteiger partial charge in [0.05, 0.1) is 7.11 Å². The van der Waals surface area contributed by atoms with Gasteiger partial charge in [0.1, 0.15) is 5.54 Å². The lowest BCUT2D eigenvalue weighted by molar-refractivity contribution is -0.150. The number of nitrogens with one attached hydrogen (secondary N) is 1. The van der Waals surface area contributed by atoms with Gasteiger partial charge in [-0.1, -0.05) is 33.6 Å². The Balaban J connectivity index is 2.78. The molecule has 0 amide bonds. The van der Waals surface area contributed by atoms with Crippen LogP contribution >= 0.6 is 0 Å². The highest BCUT2D eigenvalue weighted by Gasteiger charge is 2.51.